The van der Waals surface area contributed by atoms with E-state index in [0.717, 1.165) is 0 Å². The van der Waals surface area contributed by atoms with Gasteiger partial charge in [-0.3, -0.25) is 9.97 Å². The summed E-state index contributed by atoms with van der Waals surface area (Å²) in [5, 5.41) is 26.6. The Bertz CT molecular complexity index is 267. The zero-order valence-corrected chi connectivity index (χ0v) is 7.09. The van der Waals surface area contributed by atoms with E-state index in [-0.39, 0.29) is 19.6 Å². The number of hydrogen-bond acceptors (Lipinski definition) is 5. The van der Waals surface area contributed by atoms with E-state index in [1.54, 1.807) is 0 Å². The lowest BCUT2D eigenvalue weighted by Crippen LogP contribution is -2.17. The van der Waals surface area contributed by atoms with Crippen LogP contribution in [0.5, 0.6) is 0 Å². The Morgan fingerprint density at radius 2 is 1.77 bits per heavy atom. The van der Waals surface area contributed by atoms with Gasteiger partial charge in [-0.1, -0.05) is 0 Å². The summed E-state index contributed by atoms with van der Waals surface area (Å²) in [6.07, 6.45) is 2.32. The maximum absolute atomic E-state index is 9.13. The molecule has 1 heterocycles. The Balaban J connectivity index is 2.74. The van der Waals surface area contributed by atoms with Crippen molar-refractivity contribution in [3.63, 3.8) is 0 Å². The normalized spacial score (nSPS) is 12.8. The van der Waals surface area contributed by atoms with E-state index in [9.17, 15) is 0 Å². The third kappa shape index (κ3) is 2.73. The first-order chi connectivity index (χ1) is 6.27. The molecule has 0 bridgehead atoms. The van der Waals surface area contributed by atoms with Gasteiger partial charge in [-0.2, -0.15) is 0 Å². The third-order valence-electron chi connectivity index (χ3n) is 1.65. The van der Waals surface area contributed by atoms with Crippen LogP contribution in [0.1, 0.15) is 11.4 Å². The molecular weight excluding hydrogens is 172 g/mol. The molecule has 3 N–H and O–H groups in total. The first-order valence-corrected chi connectivity index (χ1v) is 3.96. The molecule has 13 heavy (non-hydrogen) atoms. The fourth-order valence-corrected chi connectivity index (χ4v) is 0.986. The first kappa shape index (κ1) is 10.0. The van der Waals surface area contributed by atoms with Gasteiger partial charge in [0.05, 0.1) is 30.7 Å². The molecule has 0 saturated heterocycles. The molecule has 0 amide bonds. The van der Waals surface area contributed by atoms with E-state index in [2.05, 4.69) is 9.97 Å². The number of aromatic nitrogens is 2. The van der Waals surface area contributed by atoms with Gasteiger partial charge in [0, 0.05) is 18.8 Å². The molecule has 5 heteroatoms. The van der Waals surface area contributed by atoms with Crippen LogP contribution in [0.15, 0.2) is 12.4 Å². The standard InChI is InChI=1S/C8H12N2O3/c11-4-6(13)3-7-8(5-12)10-2-1-9-7/h1-2,6,11-13H,3-5H2/t6-/m1/s1. The third-order valence-corrected chi connectivity index (χ3v) is 1.65. The second kappa shape index (κ2) is 4.86. The van der Waals surface area contributed by atoms with Crippen molar-refractivity contribution in [1.82, 2.24) is 9.97 Å². The van der Waals surface area contributed by atoms with Crippen LogP contribution in [-0.2, 0) is 13.0 Å². The van der Waals surface area contributed by atoms with Crippen LogP contribution in [-0.4, -0.2) is 38.0 Å². The molecule has 0 spiro atoms. The predicted molar refractivity (Wildman–Crippen MR) is 44.8 cm³/mol. The van der Waals surface area contributed by atoms with Gasteiger partial charge >= 0.3 is 0 Å². The SMILES string of the molecule is OCc1nccnc1C[C@@H](O)CO. The second-order valence-electron chi connectivity index (χ2n) is 2.65. The Kier molecular flexibility index (Phi) is 3.75. The molecule has 0 unspecified atom stereocenters. The summed E-state index contributed by atoms with van der Waals surface area (Å²) in [4.78, 5) is 7.82. The fraction of sp³-hybridized carbons (Fsp3) is 0.500. The average Bonchev–Trinajstić information content (AvgIpc) is 2.18. The van der Waals surface area contributed by atoms with Crippen LogP contribution in [0.25, 0.3) is 0 Å². The molecule has 1 aromatic rings. The van der Waals surface area contributed by atoms with Gasteiger partial charge in [0.15, 0.2) is 0 Å². The minimum atomic E-state index is -0.845. The maximum Gasteiger partial charge on any atom is 0.0874 e. The van der Waals surface area contributed by atoms with Crippen LogP contribution < -0.4 is 0 Å². The number of nitrogens with zero attached hydrogens (tertiary/aromatic N) is 2. The summed E-state index contributed by atoms with van der Waals surface area (Å²) >= 11 is 0. The molecule has 72 valence electrons. The molecule has 1 atom stereocenters. The number of hydrogen-bond donors (Lipinski definition) is 3. The Labute approximate surface area is 75.7 Å². The molecule has 0 radical (unpaired) electrons. The number of rotatable bonds is 4. The van der Waals surface area contributed by atoms with Gasteiger partial charge in [-0.25, -0.2) is 0 Å². The van der Waals surface area contributed by atoms with Crippen molar-refractivity contribution >= 4 is 0 Å². The Morgan fingerprint density at radius 1 is 1.15 bits per heavy atom. The summed E-state index contributed by atoms with van der Waals surface area (Å²) < 4.78 is 0. The Morgan fingerprint density at radius 3 is 2.31 bits per heavy atom. The van der Waals surface area contributed by atoms with E-state index >= 15 is 0 Å². The summed E-state index contributed by atoms with van der Waals surface area (Å²) in [7, 11) is 0. The summed E-state index contributed by atoms with van der Waals surface area (Å²) in [6, 6.07) is 0. The van der Waals surface area contributed by atoms with Crippen molar-refractivity contribution < 1.29 is 15.3 Å². The van der Waals surface area contributed by atoms with Crippen molar-refractivity contribution in [3.05, 3.63) is 23.8 Å². The maximum atomic E-state index is 9.13. The quantitative estimate of drug-likeness (QED) is 0.551. The van der Waals surface area contributed by atoms with E-state index in [1.807, 2.05) is 0 Å². The lowest BCUT2D eigenvalue weighted by molar-refractivity contribution is 0.0941. The average molecular weight is 184 g/mol. The highest BCUT2D eigenvalue weighted by Gasteiger charge is 2.09. The Hall–Kier alpha value is -1.04. The first-order valence-electron chi connectivity index (χ1n) is 3.96. The molecule has 0 aliphatic rings. The lowest BCUT2D eigenvalue weighted by Gasteiger charge is -2.08. The molecule has 0 aromatic carbocycles. The molecule has 5 nitrogen and oxygen atoms in total. The molecule has 0 saturated carbocycles. The van der Waals surface area contributed by atoms with E-state index < -0.39 is 6.10 Å². The molecule has 0 fully saturated rings. The van der Waals surface area contributed by atoms with Crippen LogP contribution in [0.2, 0.25) is 0 Å². The zero-order chi connectivity index (χ0) is 9.68. The predicted octanol–water partition coefficient (Wildman–Crippen LogP) is -1.14. The van der Waals surface area contributed by atoms with Gasteiger partial charge < -0.3 is 15.3 Å². The largest absolute Gasteiger partial charge is 0.394 e. The van der Waals surface area contributed by atoms with Crippen LogP contribution >= 0.6 is 0 Å². The van der Waals surface area contributed by atoms with E-state index in [1.165, 1.54) is 12.4 Å². The number of aliphatic hydroxyl groups is 3. The van der Waals surface area contributed by atoms with Crippen LogP contribution in [0.4, 0.5) is 0 Å². The summed E-state index contributed by atoms with van der Waals surface area (Å²) in [6.45, 7) is -0.525. The minimum Gasteiger partial charge on any atom is -0.394 e. The molecule has 0 aliphatic carbocycles. The fourth-order valence-electron chi connectivity index (χ4n) is 0.986. The van der Waals surface area contributed by atoms with Crippen LogP contribution in [0.3, 0.4) is 0 Å². The van der Waals surface area contributed by atoms with Crippen molar-refractivity contribution in [3.8, 4) is 0 Å². The van der Waals surface area contributed by atoms with Gasteiger partial charge in [0.25, 0.3) is 0 Å². The van der Waals surface area contributed by atoms with Gasteiger partial charge in [0.2, 0.25) is 0 Å². The molecule has 0 aliphatic heterocycles. The van der Waals surface area contributed by atoms with Crippen molar-refractivity contribution in [1.29, 1.82) is 0 Å². The highest BCUT2D eigenvalue weighted by molar-refractivity contribution is 5.10. The molecular formula is C8H12N2O3. The van der Waals surface area contributed by atoms with Gasteiger partial charge in [-0.05, 0) is 0 Å². The molecule has 1 aromatic heterocycles. The van der Waals surface area contributed by atoms with Crippen molar-refractivity contribution in [2.75, 3.05) is 6.61 Å². The monoisotopic (exact) mass is 184 g/mol. The second-order valence-corrected chi connectivity index (χ2v) is 2.65. The van der Waals surface area contributed by atoms with Crippen molar-refractivity contribution in [2.45, 2.75) is 19.1 Å². The van der Waals surface area contributed by atoms with Gasteiger partial charge in [-0.15, -0.1) is 0 Å². The summed E-state index contributed by atoms with van der Waals surface area (Å²) in [5.74, 6) is 0. The van der Waals surface area contributed by atoms with Crippen LogP contribution in [0, 0.1) is 0 Å². The smallest absolute Gasteiger partial charge is 0.0874 e. The van der Waals surface area contributed by atoms with E-state index in [4.69, 9.17) is 15.3 Å². The zero-order valence-electron chi connectivity index (χ0n) is 7.09. The topological polar surface area (TPSA) is 86.5 Å². The highest BCUT2D eigenvalue weighted by atomic mass is 16.3. The molecule has 1 rings (SSSR count). The lowest BCUT2D eigenvalue weighted by atomic mass is 10.1. The van der Waals surface area contributed by atoms with Gasteiger partial charge in [0.1, 0.15) is 0 Å². The number of aliphatic hydroxyl groups excluding tert-OH is 3. The van der Waals surface area contributed by atoms with Crippen molar-refractivity contribution in [2.24, 2.45) is 0 Å². The summed E-state index contributed by atoms with van der Waals surface area (Å²) in [5.41, 5.74) is 0.960. The minimum absolute atomic E-state index is 0.207. The van der Waals surface area contributed by atoms with E-state index in [0.29, 0.717) is 11.4 Å². The highest BCUT2D eigenvalue weighted by Crippen LogP contribution is 2.04.